The molecule has 2 unspecified atom stereocenters. The van der Waals surface area contributed by atoms with E-state index in [2.05, 4.69) is 13.8 Å². The van der Waals surface area contributed by atoms with E-state index >= 15 is 0 Å². The van der Waals surface area contributed by atoms with Gasteiger partial charge in [-0.1, -0.05) is 52.4 Å². The van der Waals surface area contributed by atoms with Crippen molar-refractivity contribution in [1.82, 2.24) is 0 Å². The number of unbranched alkanes of at least 4 members (excludes halogenated alkanes) is 2. The van der Waals surface area contributed by atoms with Crippen LogP contribution in [-0.4, -0.2) is 12.1 Å². The van der Waals surface area contributed by atoms with Crippen molar-refractivity contribution in [3.05, 3.63) is 0 Å². The summed E-state index contributed by atoms with van der Waals surface area (Å²) in [4.78, 5) is 11.0. The van der Waals surface area contributed by atoms with Gasteiger partial charge in [0.15, 0.2) is 0 Å². The Labute approximate surface area is 106 Å². The van der Waals surface area contributed by atoms with Crippen LogP contribution in [0.2, 0.25) is 0 Å². The molecule has 0 spiro atoms. The van der Waals surface area contributed by atoms with Crippen LogP contribution in [0.5, 0.6) is 0 Å². The van der Waals surface area contributed by atoms with Crippen molar-refractivity contribution in [3.8, 4) is 0 Å². The SMILES string of the molecule is CCCCC1CC(OC(C)=O)CC1CCCC. The maximum absolute atomic E-state index is 11.0. The first-order valence-corrected chi connectivity index (χ1v) is 7.34. The lowest BCUT2D eigenvalue weighted by Gasteiger charge is -2.18. The Morgan fingerprint density at radius 1 is 1.06 bits per heavy atom. The third kappa shape index (κ3) is 5.10. The zero-order chi connectivity index (χ0) is 12.7. The molecule has 2 nitrogen and oxygen atoms in total. The second-order valence-electron chi connectivity index (χ2n) is 5.51. The Bertz CT molecular complexity index is 209. The lowest BCUT2D eigenvalue weighted by molar-refractivity contribution is -0.146. The van der Waals surface area contributed by atoms with Gasteiger partial charge in [-0.05, 0) is 24.7 Å². The average Bonchev–Trinajstić information content (AvgIpc) is 2.64. The molecule has 0 aromatic heterocycles. The van der Waals surface area contributed by atoms with Crippen LogP contribution in [0.15, 0.2) is 0 Å². The first-order chi connectivity index (χ1) is 8.17. The normalized spacial score (nSPS) is 28.3. The van der Waals surface area contributed by atoms with Gasteiger partial charge in [-0.2, -0.15) is 0 Å². The van der Waals surface area contributed by atoms with Crippen molar-refractivity contribution in [2.75, 3.05) is 0 Å². The topological polar surface area (TPSA) is 26.3 Å². The average molecular weight is 240 g/mol. The molecule has 0 aliphatic heterocycles. The van der Waals surface area contributed by atoms with Crippen LogP contribution < -0.4 is 0 Å². The van der Waals surface area contributed by atoms with E-state index in [1.807, 2.05) is 0 Å². The van der Waals surface area contributed by atoms with Gasteiger partial charge in [0.05, 0.1) is 0 Å². The highest BCUT2D eigenvalue weighted by Crippen LogP contribution is 2.39. The Morgan fingerprint density at radius 2 is 1.53 bits per heavy atom. The number of hydrogen-bond acceptors (Lipinski definition) is 2. The van der Waals surface area contributed by atoms with Crippen molar-refractivity contribution in [3.63, 3.8) is 0 Å². The summed E-state index contributed by atoms with van der Waals surface area (Å²) in [6.07, 6.45) is 10.2. The van der Waals surface area contributed by atoms with Gasteiger partial charge in [-0.3, -0.25) is 4.79 Å². The lowest BCUT2D eigenvalue weighted by Crippen LogP contribution is -2.12. The summed E-state index contributed by atoms with van der Waals surface area (Å²) in [5, 5.41) is 0. The molecular weight excluding hydrogens is 212 g/mol. The van der Waals surface area contributed by atoms with E-state index in [4.69, 9.17) is 4.74 Å². The number of rotatable bonds is 7. The standard InChI is InChI=1S/C15H28O2/c1-4-6-8-13-10-15(17-12(3)16)11-14(13)9-7-5-2/h13-15H,4-11H2,1-3H3. The van der Waals surface area contributed by atoms with E-state index in [9.17, 15) is 4.79 Å². The van der Waals surface area contributed by atoms with Crippen LogP contribution in [0.1, 0.15) is 72.1 Å². The van der Waals surface area contributed by atoms with Gasteiger partial charge in [0.25, 0.3) is 0 Å². The first kappa shape index (κ1) is 14.5. The molecular formula is C15H28O2. The minimum atomic E-state index is -0.111. The third-order valence-electron chi connectivity index (χ3n) is 3.99. The minimum Gasteiger partial charge on any atom is -0.463 e. The van der Waals surface area contributed by atoms with E-state index in [0.717, 1.165) is 24.7 Å². The minimum absolute atomic E-state index is 0.111. The molecule has 0 heterocycles. The van der Waals surface area contributed by atoms with Gasteiger partial charge in [0, 0.05) is 6.92 Å². The van der Waals surface area contributed by atoms with E-state index in [1.165, 1.54) is 45.4 Å². The number of carbonyl (C=O) groups excluding carboxylic acids is 1. The van der Waals surface area contributed by atoms with Gasteiger partial charge in [-0.15, -0.1) is 0 Å². The predicted molar refractivity (Wildman–Crippen MR) is 70.8 cm³/mol. The zero-order valence-corrected chi connectivity index (χ0v) is 11.7. The molecule has 0 aromatic carbocycles. The van der Waals surface area contributed by atoms with Crippen LogP contribution in [0, 0.1) is 11.8 Å². The fourth-order valence-corrected chi connectivity index (χ4v) is 3.13. The maximum Gasteiger partial charge on any atom is 0.302 e. The fourth-order valence-electron chi connectivity index (χ4n) is 3.13. The summed E-state index contributed by atoms with van der Waals surface area (Å²) in [5.74, 6) is 1.48. The molecule has 0 amide bonds. The highest BCUT2D eigenvalue weighted by Gasteiger charge is 2.34. The molecule has 17 heavy (non-hydrogen) atoms. The summed E-state index contributed by atoms with van der Waals surface area (Å²) in [6, 6.07) is 0. The largest absolute Gasteiger partial charge is 0.463 e. The van der Waals surface area contributed by atoms with Crippen molar-refractivity contribution < 1.29 is 9.53 Å². The van der Waals surface area contributed by atoms with Crippen LogP contribution in [0.4, 0.5) is 0 Å². The third-order valence-corrected chi connectivity index (χ3v) is 3.99. The van der Waals surface area contributed by atoms with Crippen molar-refractivity contribution in [1.29, 1.82) is 0 Å². The Balaban J connectivity index is 2.43. The molecule has 2 atom stereocenters. The lowest BCUT2D eigenvalue weighted by atomic mass is 9.87. The van der Waals surface area contributed by atoms with Crippen molar-refractivity contribution in [2.45, 2.75) is 78.2 Å². The summed E-state index contributed by atoms with van der Waals surface area (Å²) in [5.41, 5.74) is 0. The molecule has 1 fully saturated rings. The molecule has 2 heteroatoms. The molecule has 100 valence electrons. The monoisotopic (exact) mass is 240 g/mol. The van der Waals surface area contributed by atoms with Gasteiger partial charge < -0.3 is 4.74 Å². The van der Waals surface area contributed by atoms with Crippen molar-refractivity contribution in [2.24, 2.45) is 11.8 Å². The first-order valence-electron chi connectivity index (χ1n) is 7.34. The van der Waals surface area contributed by atoms with E-state index in [-0.39, 0.29) is 12.1 Å². The summed E-state index contributed by atoms with van der Waals surface area (Å²) in [6.45, 7) is 6.03. The van der Waals surface area contributed by atoms with Crippen LogP contribution >= 0.6 is 0 Å². The number of esters is 1. The highest BCUT2D eigenvalue weighted by atomic mass is 16.5. The van der Waals surface area contributed by atoms with Gasteiger partial charge in [-0.25, -0.2) is 0 Å². The Kier molecular flexibility index (Phi) is 6.61. The molecule has 1 rings (SSSR count). The van der Waals surface area contributed by atoms with Gasteiger partial charge in [0.2, 0.25) is 0 Å². The zero-order valence-electron chi connectivity index (χ0n) is 11.7. The molecule has 0 bridgehead atoms. The van der Waals surface area contributed by atoms with Crippen LogP contribution in [0.3, 0.4) is 0 Å². The fraction of sp³-hybridized carbons (Fsp3) is 0.933. The highest BCUT2D eigenvalue weighted by molar-refractivity contribution is 5.66. The summed E-state index contributed by atoms with van der Waals surface area (Å²) < 4.78 is 5.39. The summed E-state index contributed by atoms with van der Waals surface area (Å²) in [7, 11) is 0. The Morgan fingerprint density at radius 3 is 1.88 bits per heavy atom. The van der Waals surface area contributed by atoms with Crippen LogP contribution in [0.25, 0.3) is 0 Å². The molecule has 0 saturated heterocycles. The molecule has 1 aliphatic rings. The van der Waals surface area contributed by atoms with Crippen molar-refractivity contribution >= 4 is 5.97 Å². The Hall–Kier alpha value is -0.530. The predicted octanol–water partition coefficient (Wildman–Crippen LogP) is 4.32. The van der Waals surface area contributed by atoms with Crippen LogP contribution in [-0.2, 0) is 9.53 Å². The number of carbonyl (C=O) groups is 1. The van der Waals surface area contributed by atoms with Gasteiger partial charge in [0.1, 0.15) is 6.10 Å². The maximum atomic E-state index is 11.0. The molecule has 0 N–H and O–H groups in total. The number of ether oxygens (including phenoxy) is 1. The molecule has 0 radical (unpaired) electrons. The quantitative estimate of drug-likeness (QED) is 0.619. The second kappa shape index (κ2) is 7.73. The smallest absolute Gasteiger partial charge is 0.302 e. The molecule has 1 saturated carbocycles. The molecule has 0 aromatic rings. The van der Waals surface area contributed by atoms with E-state index in [0.29, 0.717) is 0 Å². The second-order valence-corrected chi connectivity index (χ2v) is 5.51. The number of hydrogen-bond donors (Lipinski definition) is 0. The van der Waals surface area contributed by atoms with E-state index in [1.54, 1.807) is 0 Å². The molecule has 1 aliphatic carbocycles. The van der Waals surface area contributed by atoms with Gasteiger partial charge >= 0.3 is 5.97 Å². The summed E-state index contributed by atoms with van der Waals surface area (Å²) >= 11 is 0. The van der Waals surface area contributed by atoms with E-state index < -0.39 is 0 Å².